The molecule has 1 amide bonds. The van der Waals surface area contributed by atoms with Gasteiger partial charge in [0.2, 0.25) is 0 Å². The Morgan fingerprint density at radius 3 is 2.48 bits per heavy atom. The van der Waals surface area contributed by atoms with E-state index in [1.54, 1.807) is 18.0 Å². The van der Waals surface area contributed by atoms with E-state index in [-0.39, 0.29) is 17.3 Å². The molecule has 1 N–H and O–H groups in total. The van der Waals surface area contributed by atoms with E-state index < -0.39 is 17.5 Å². The van der Waals surface area contributed by atoms with Gasteiger partial charge < -0.3 is 10.2 Å². The Balaban J connectivity index is 2.12. The average molecular weight is 319 g/mol. The summed E-state index contributed by atoms with van der Waals surface area (Å²) in [5.41, 5.74) is -0.561. The zero-order valence-electron chi connectivity index (χ0n) is 13.0. The van der Waals surface area contributed by atoms with Gasteiger partial charge in [-0.3, -0.25) is 4.79 Å². The van der Waals surface area contributed by atoms with Crippen molar-refractivity contribution in [3.63, 3.8) is 0 Å². The fourth-order valence-corrected chi connectivity index (χ4v) is 2.75. The average Bonchev–Trinajstić information content (AvgIpc) is 2.57. The van der Waals surface area contributed by atoms with Gasteiger partial charge in [-0.15, -0.1) is 0 Å². The molecular weight excluding hydrogens is 300 g/mol. The number of likely N-dealkylation sites (N-methyl/N-ethyl adjacent to an activating group) is 1. The Kier molecular flexibility index (Phi) is 5.69. The van der Waals surface area contributed by atoms with Gasteiger partial charge in [-0.25, -0.2) is 8.78 Å². The van der Waals surface area contributed by atoms with Gasteiger partial charge in [-0.1, -0.05) is 25.3 Å². The molecule has 6 heteroatoms. The topological polar surface area (TPSA) is 56.1 Å². The monoisotopic (exact) mass is 319 g/mol. The normalized spacial score (nSPS) is 15.8. The molecule has 0 unspecified atom stereocenters. The molecule has 1 aromatic rings. The number of hydrogen-bond donors (Lipinski definition) is 1. The van der Waals surface area contributed by atoms with Crippen molar-refractivity contribution in [2.45, 2.75) is 38.1 Å². The van der Waals surface area contributed by atoms with Crippen LogP contribution in [0.5, 0.6) is 0 Å². The molecule has 0 bridgehead atoms. The highest BCUT2D eigenvalue weighted by atomic mass is 19.1. The van der Waals surface area contributed by atoms with Crippen molar-refractivity contribution in [1.82, 2.24) is 4.90 Å². The van der Waals surface area contributed by atoms with Crippen LogP contribution >= 0.6 is 0 Å². The molecule has 1 aromatic carbocycles. The fourth-order valence-electron chi connectivity index (χ4n) is 2.75. The van der Waals surface area contributed by atoms with Crippen LogP contribution in [0, 0.1) is 23.0 Å². The zero-order chi connectivity index (χ0) is 16.8. The molecule has 122 valence electrons. The van der Waals surface area contributed by atoms with Crippen LogP contribution in [0.2, 0.25) is 0 Å². The van der Waals surface area contributed by atoms with Crippen molar-refractivity contribution in [3.05, 3.63) is 41.6 Å². The number of carbonyl (C=O) groups excluding carboxylic acids is 1. The molecule has 1 fully saturated rings. The standard InChI is InChI=1S/C17H19F2N3O/c1-22(13-6-3-2-4-7-13)17(23)12(10-20)11-21-16-14(18)8-5-9-15(16)19/h5,8-9,11,13,21H,2-4,6-7H2,1H3/b12-11-. The Morgan fingerprint density at radius 1 is 1.30 bits per heavy atom. The quantitative estimate of drug-likeness (QED) is 0.682. The Labute approximate surface area is 134 Å². The highest BCUT2D eigenvalue weighted by molar-refractivity contribution is 5.97. The van der Waals surface area contributed by atoms with Crippen LogP contribution in [0.25, 0.3) is 0 Å². The summed E-state index contributed by atoms with van der Waals surface area (Å²) in [4.78, 5) is 13.9. The fraction of sp³-hybridized carbons (Fsp3) is 0.412. The lowest BCUT2D eigenvalue weighted by Crippen LogP contribution is -2.39. The van der Waals surface area contributed by atoms with Gasteiger partial charge in [0.05, 0.1) is 0 Å². The molecule has 0 radical (unpaired) electrons. The number of hydrogen-bond acceptors (Lipinski definition) is 3. The van der Waals surface area contributed by atoms with Crippen LogP contribution < -0.4 is 5.32 Å². The third-order valence-corrected chi connectivity index (χ3v) is 4.12. The molecule has 0 spiro atoms. The van der Waals surface area contributed by atoms with Crippen LogP contribution in [0.3, 0.4) is 0 Å². The molecule has 4 nitrogen and oxygen atoms in total. The first-order chi connectivity index (χ1) is 11.0. The lowest BCUT2D eigenvalue weighted by Gasteiger charge is -2.31. The molecule has 0 aliphatic heterocycles. The maximum atomic E-state index is 13.5. The van der Waals surface area contributed by atoms with Crippen molar-refractivity contribution >= 4 is 11.6 Å². The second-order valence-corrected chi connectivity index (χ2v) is 5.62. The number of nitrogens with zero attached hydrogens (tertiary/aromatic N) is 2. The molecule has 1 saturated carbocycles. The largest absolute Gasteiger partial charge is 0.355 e. The predicted octanol–water partition coefficient (Wildman–Crippen LogP) is 3.58. The van der Waals surface area contributed by atoms with E-state index in [1.165, 1.54) is 6.07 Å². The van der Waals surface area contributed by atoms with Crippen LogP contribution in [-0.2, 0) is 4.79 Å². The summed E-state index contributed by atoms with van der Waals surface area (Å²) in [7, 11) is 1.66. The van der Waals surface area contributed by atoms with E-state index in [4.69, 9.17) is 5.26 Å². The molecule has 2 rings (SSSR count). The van der Waals surface area contributed by atoms with Crippen LogP contribution in [0.4, 0.5) is 14.5 Å². The maximum Gasteiger partial charge on any atom is 0.266 e. The SMILES string of the molecule is CN(C(=O)/C(C#N)=C\Nc1c(F)cccc1F)C1CCCCC1. The molecule has 1 aliphatic carbocycles. The van der Waals surface area contributed by atoms with Crippen molar-refractivity contribution < 1.29 is 13.6 Å². The highest BCUT2D eigenvalue weighted by Crippen LogP contribution is 2.23. The van der Waals surface area contributed by atoms with E-state index in [0.29, 0.717) is 0 Å². The second-order valence-electron chi connectivity index (χ2n) is 5.62. The van der Waals surface area contributed by atoms with Gasteiger partial charge in [0.25, 0.3) is 5.91 Å². The van der Waals surface area contributed by atoms with Crippen LogP contribution in [-0.4, -0.2) is 23.9 Å². The molecule has 23 heavy (non-hydrogen) atoms. The van der Waals surface area contributed by atoms with Crippen molar-refractivity contribution in [2.75, 3.05) is 12.4 Å². The molecule has 1 aliphatic rings. The third-order valence-electron chi connectivity index (χ3n) is 4.12. The summed E-state index contributed by atoms with van der Waals surface area (Å²) in [6.07, 6.45) is 6.17. The number of halogens is 2. The third kappa shape index (κ3) is 4.07. The van der Waals surface area contributed by atoms with Gasteiger partial charge in [-0.05, 0) is 25.0 Å². The van der Waals surface area contributed by atoms with Crippen molar-refractivity contribution in [1.29, 1.82) is 5.26 Å². The highest BCUT2D eigenvalue weighted by Gasteiger charge is 2.24. The van der Waals surface area contributed by atoms with E-state index >= 15 is 0 Å². The minimum Gasteiger partial charge on any atom is -0.355 e. The number of nitrogens with one attached hydrogen (secondary N) is 1. The molecule has 0 saturated heterocycles. The van der Waals surface area contributed by atoms with E-state index in [2.05, 4.69) is 5.32 Å². The Bertz CT molecular complexity index is 625. The summed E-state index contributed by atoms with van der Waals surface area (Å²) >= 11 is 0. The van der Waals surface area contributed by atoms with E-state index in [9.17, 15) is 13.6 Å². The number of nitriles is 1. The van der Waals surface area contributed by atoms with E-state index in [0.717, 1.165) is 50.4 Å². The van der Waals surface area contributed by atoms with Crippen molar-refractivity contribution in [3.8, 4) is 6.07 Å². The summed E-state index contributed by atoms with van der Waals surface area (Å²) < 4.78 is 27.1. The van der Waals surface area contributed by atoms with Gasteiger partial charge in [0.1, 0.15) is 29.0 Å². The van der Waals surface area contributed by atoms with Crippen LogP contribution in [0.1, 0.15) is 32.1 Å². The summed E-state index contributed by atoms with van der Waals surface area (Å²) in [6, 6.07) is 5.34. The minimum absolute atomic E-state index is 0.109. The lowest BCUT2D eigenvalue weighted by atomic mass is 9.94. The summed E-state index contributed by atoms with van der Waals surface area (Å²) in [6.45, 7) is 0. The number of rotatable bonds is 4. The van der Waals surface area contributed by atoms with Gasteiger partial charge >= 0.3 is 0 Å². The first-order valence-corrected chi connectivity index (χ1v) is 7.62. The molecule has 0 atom stereocenters. The summed E-state index contributed by atoms with van der Waals surface area (Å²) in [5, 5.41) is 11.6. The Morgan fingerprint density at radius 2 is 1.91 bits per heavy atom. The van der Waals surface area contributed by atoms with Crippen LogP contribution in [0.15, 0.2) is 30.0 Å². The number of anilines is 1. The number of para-hydroxylation sites is 1. The van der Waals surface area contributed by atoms with Gasteiger partial charge in [0, 0.05) is 19.3 Å². The number of benzene rings is 1. The van der Waals surface area contributed by atoms with E-state index in [1.807, 2.05) is 0 Å². The Hall–Kier alpha value is -2.42. The molecular formula is C17H19F2N3O. The summed E-state index contributed by atoms with van der Waals surface area (Å²) in [5.74, 6) is -2.01. The predicted molar refractivity (Wildman–Crippen MR) is 83.3 cm³/mol. The first-order valence-electron chi connectivity index (χ1n) is 7.62. The zero-order valence-corrected chi connectivity index (χ0v) is 13.0. The maximum absolute atomic E-state index is 13.5. The van der Waals surface area contributed by atoms with Gasteiger partial charge in [-0.2, -0.15) is 5.26 Å². The number of carbonyl (C=O) groups is 1. The number of amides is 1. The minimum atomic E-state index is -0.786. The second kappa shape index (κ2) is 7.73. The van der Waals surface area contributed by atoms with Gasteiger partial charge in [0.15, 0.2) is 0 Å². The lowest BCUT2D eigenvalue weighted by molar-refractivity contribution is -0.128. The molecule has 0 aromatic heterocycles. The smallest absolute Gasteiger partial charge is 0.266 e. The van der Waals surface area contributed by atoms with Crippen molar-refractivity contribution in [2.24, 2.45) is 0 Å². The first kappa shape index (κ1) is 16.9. The molecule has 0 heterocycles.